The summed E-state index contributed by atoms with van der Waals surface area (Å²) in [6.45, 7) is 5.39. The van der Waals surface area contributed by atoms with Gasteiger partial charge in [0.1, 0.15) is 11.6 Å². The summed E-state index contributed by atoms with van der Waals surface area (Å²) >= 11 is 0. The molecule has 0 aliphatic carbocycles. The summed E-state index contributed by atoms with van der Waals surface area (Å²) in [6, 6.07) is 12.5. The number of hydrogen-bond acceptors (Lipinski definition) is 5. The minimum absolute atomic E-state index is 0.163. The van der Waals surface area contributed by atoms with Crippen LogP contribution in [0.5, 0.6) is 0 Å². The second kappa shape index (κ2) is 8.97. The number of esters is 1. The lowest BCUT2D eigenvalue weighted by atomic mass is 10.1. The first-order valence-electron chi connectivity index (χ1n) is 9.15. The molecule has 2 atom stereocenters. The van der Waals surface area contributed by atoms with Crippen LogP contribution < -0.4 is 16.4 Å². The molecular formula is C21H29N3O3. The van der Waals surface area contributed by atoms with E-state index in [9.17, 15) is 9.59 Å². The summed E-state index contributed by atoms with van der Waals surface area (Å²) in [5.74, 6) is -0.614. The number of rotatable bonds is 7. The average Bonchev–Trinajstić information content (AvgIpc) is 2.60. The number of benzene rings is 2. The Morgan fingerprint density at radius 1 is 1.07 bits per heavy atom. The summed E-state index contributed by atoms with van der Waals surface area (Å²) < 4.78 is 5.28. The van der Waals surface area contributed by atoms with E-state index in [1.807, 2.05) is 42.5 Å². The molecule has 1 amide bonds. The normalized spacial score (nSPS) is 13.8. The number of carbonyl (C=O) groups is 2. The predicted octanol–water partition coefficient (Wildman–Crippen LogP) is 2.82. The largest absolute Gasteiger partial charge is 0.459 e. The van der Waals surface area contributed by atoms with Crippen molar-refractivity contribution in [1.29, 1.82) is 0 Å². The number of hydrogen-bond donors (Lipinski definition) is 3. The lowest BCUT2D eigenvalue weighted by Crippen LogP contribution is -2.42. The zero-order valence-electron chi connectivity index (χ0n) is 16.4. The molecule has 0 aromatic heterocycles. The van der Waals surface area contributed by atoms with Gasteiger partial charge in [-0.3, -0.25) is 9.59 Å². The highest BCUT2D eigenvalue weighted by Gasteiger charge is 2.24. The Morgan fingerprint density at radius 2 is 1.74 bits per heavy atom. The van der Waals surface area contributed by atoms with E-state index in [4.69, 9.17) is 10.5 Å². The Balaban J connectivity index is 1.93. The molecule has 0 spiro atoms. The fourth-order valence-corrected chi connectivity index (χ4v) is 2.74. The number of anilines is 1. The van der Waals surface area contributed by atoms with Gasteiger partial charge >= 0.3 is 5.97 Å². The van der Waals surface area contributed by atoms with E-state index in [1.165, 1.54) is 0 Å². The quantitative estimate of drug-likeness (QED) is 0.651. The van der Waals surface area contributed by atoms with Gasteiger partial charge in [0.05, 0.1) is 6.04 Å². The van der Waals surface area contributed by atoms with Crippen molar-refractivity contribution in [2.75, 3.05) is 12.4 Å². The molecule has 0 saturated carbocycles. The van der Waals surface area contributed by atoms with Crippen LogP contribution in [0.2, 0.25) is 0 Å². The minimum atomic E-state index is -0.756. The van der Waals surface area contributed by atoms with Crippen molar-refractivity contribution in [2.24, 2.45) is 5.73 Å². The van der Waals surface area contributed by atoms with Crippen molar-refractivity contribution in [3.8, 4) is 0 Å². The van der Waals surface area contributed by atoms with E-state index in [0.717, 1.165) is 16.5 Å². The molecule has 0 heterocycles. The van der Waals surface area contributed by atoms with Crippen molar-refractivity contribution in [3.63, 3.8) is 0 Å². The molecule has 0 saturated heterocycles. The maximum absolute atomic E-state index is 12.6. The van der Waals surface area contributed by atoms with E-state index >= 15 is 0 Å². The van der Waals surface area contributed by atoms with Gasteiger partial charge in [-0.25, -0.2) is 0 Å². The Bertz CT molecular complexity index is 799. The van der Waals surface area contributed by atoms with Crippen molar-refractivity contribution in [2.45, 2.75) is 51.3 Å². The maximum Gasteiger partial charge on any atom is 0.323 e. The van der Waals surface area contributed by atoms with Crippen LogP contribution in [-0.4, -0.2) is 36.6 Å². The number of ether oxygens (including phenoxy) is 1. The summed E-state index contributed by atoms with van der Waals surface area (Å²) in [7, 11) is 1.71. The van der Waals surface area contributed by atoms with Crippen molar-refractivity contribution in [3.05, 3.63) is 42.5 Å². The maximum atomic E-state index is 12.6. The van der Waals surface area contributed by atoms with E-state index in [0.29, 0.717) is 12.8 Å². The molecule has 1 unspecified atom stereocenters. The second-order valence-corrected chi connectivity index (χ2v) is 7.61. The molecule has 4 N–H and O–H groups in total. The van der Waals surface area contributed by atoms with Crippen LogP contribution in [-0.2, 0) is 14.3 Å². The molecule has 2 aromatic rings. The highest BCUT2D eigenvalue weighted by molar-refractivity contribution is 5.97. The molecular weight excluding hydrogens is 342 g/mol. The Kier molecular flexibility index (Phi) is 6.93. The van der Waals surface area contributed by atoms with Crippen LogP contribution in [0.15, 0.2) is 42.5 Å². The van der Waals surface area contributed by atoms with Crippen molar-refractivity contribution >= 4 is 28.3 Å². The molecule has 0 bridgehead atoms. The topological polar surface area (TPSA) is 93.4 Å². The first kappa shape index (κ1) is 20.9. The standard InChI is InChI=1S/C21H29N3O3/c1-21(2,3)27-20(26)17(22)11-12-18(23-4)19(25)24-16-10-9-14-7-5-6-8-15(14)13-16/h5-10,13,17-18,23H,11-12,22H2,1-4H3,(H,24,25)/t17?,18-/m0/s1. The fraction of sp³-hybridized carbons (Fsp3) is 0.429. The van der Waals surface area contributed by atoms with Gasteiger partial charge in [-0.05, 0) is 63.6 Å². The Labute approximate surface area is 160 Å². The Hall–Kier alpha value is -2.44. The smallest absolute Gasteiger partial charge is 0.323 e. The molecule has 0 fully saturated rings. The SMILES string of the molecule is CN[C@@H](CCC(N)C(=O)OC(C)(C)C)C(=O)Nc1ccc2ccccc2c1. The molecule has 0 aliphatic heterocycles. The van der Waals surface area contributed by atoms with Gasteiger partial charge < -0.3 is 21.1 Å². The second-order valence-electron chi connectivity index (χ2n) is 7.61. The van der Waals surface area contributed by atoms with E-state index in [-0.39, 0.29) is 5.91 Å². The third-order valence-corrected chi connectivity index (χ3v) is 4.16. The molecule has 6 nitrogen and oxygen atoms in total. The van der Waals surface area contributed by atoms with Crippen LogP contribution in [0.25, 0.3) is 10.8 Å². The number of carbonyl (C=O) groups excluding carboxylic acids is 2. The van der Waals surface area contributed by atoms with Crippen LogP contribution in [0.4, 0.5) is 5.69 Å². The number of nitrogens with two attached hydrogens (primary N) is 1. The summed E-state index contributed by atoms with van der Waals surface area (Å²) in [5, 5.41) is 8.07. The van der Waals surface area contributed by atoms with Gasteiger partial charge in [0, 0.05) is 5.69 Å². The summed E-state index contributed by atoms with van der Waals surface area (Å²) in [6.07, 6.45) is 0.780. The Morgan fingerprint density at radius 3 is 2.37 bits per heavy atom. The van der Waals surface area contributed by atoms with E-state index < -0.39 is 23.7 Å². The number of fused-ring (bicyclic) bond motifs is 1. The highest BCUT2D eigenvalue weighted by atomic mass is 16.6. The number of amides is 1. The van der Waals surface area contributed by atoms with E-state index in [1.54, 1.807) is 27.8 Å². The third kappa shape index (κ3) is 6.34. The predicted molar refractivity (Wildman–Crippen MR) is 108 cm³/mol. The molecule has 2 rings (SSSR count). The van der Waals surface area contributed by atoms with Gasteiger partial charge in [0.2, 0.25) is 5.91 Å². The van der Waals surface area contributed by atoms with Gasteiger partial charge in [-0.2, -0.15) is 0 Å². The van der Waals surface area contributed by atoms with Gasteiger partial charge in [0.25, 0.3) is 0 Å². The van der Waals surface area contributed by atoms with E-state index in [2.05, 4.69) is 10.6 Å². The fourth-order valence-electron chi connectivity index (χ4n) is 2.74. The van der Waals surface area contributed by atoms with Crippen molar-refractivity contribution < 1.29 is 14.3 Å². The average molecular weight is 371 g/mol. The molecule has 146 valence electrons. The van der Waals surface area contributed by atoms with Crippen LogP contribution >= 0.6 is 0 Å². The van der Waals surface area contributed by atoms with Gasteiger partial charge in [-0.15, -0.1) is 0 Å². The minimum Gasteiger partial charge on any atom is -0.459 e. The highest BCUT2D eigenvalue weighted by Crippen LogP contribution is 2.19. The van der Waals surface area contributed by atoms with Crippen LogP contribution in [0.3, 0.4) is 0 Å². The zero-order valence-corrected chi connectivity index (χ0v) is 16.4. The third-order valence-electron chi connectivity index (χ3n) is 4.16. The molecule has 2 aromatic carbocycles. The molecule has 0 radical (unpaired) electrons. The van der Waals surface area contributed by atoms with Crippen molar-refractivity contribution in [1.82, 2.24) is 5.32 Å². The van der Waals surface area contributed by atoms with Gasteiger partial charge in [-0.1, -0.05) is 30.3 Å². The van der Waals surface area contributed by atoms with Gasteiger partial charge in [0.15, 0.2) is 0 Å². The first-order valence-corrected chi connectivity index (χ1v) is 9.15. The molecule has 0 aliphatic rings. The van der Waals surface area contributed by atoms with Crippen LogP contribution in [0, 0.1) is 0 Å². The number of likely N-dealkylation sites (N-methyl/N-ethyl adjacent to an activating group) is 1. The lowest BCUT2D eigenvalue weighted by Gasteiger charge is -2.23. The monoisotopic (exact) mass is 371 g/mol. The zero-order chi connectivity index (χ0) is 20.0. The van der Waals surface area contributed by atoms with Crippen LogP contribution in [0.1, 0.15) is 33.6 Å². The first-order chi connectivity index (χ1) is 12.7. The lowest BCUT2D eigenvalue weighted by molar-refractivity contribution is -0.156. The number of nitrogens with one attached hydrogen (secondary N) is 2. The summed E-state index contributed by atoms with van der Waals surface area (Å²) in [5.41, 5.74) is 6.06. The molecule has 6 heteroatoms. The molecule has 27 heavy (non-hydrogen) atoms. The summed E-state index contributed by atoms with van der Waals surface area (Å²) in [4.78, 5) is 24.5.